The lowest BCUT2D eigenvalue weighted by atomic mass is 9.98. The van der Waals surface area contributed by atoms with Crippen molar-refractivity contribution < 1.29 is 23.8 Å². The summed E-state index contributed by atoms with van der Waals surface area (Å²) in [6.07, 6.45) is 0.300. The third-order valence-electron chi connectivity index (χ3n) is 2.88. The molecule has 18 heavy (non-hydrogen) atoms. The summed E-state index contributed by atoms with van der Waals surface area (Å²) in [5.74, 6) is -0.379. The number of hydrogen-bond donors (Lipinski definition) is 1. The van der Waals surface area contributed by atoms with Crippen LogP contribution in [0, 0.1) is 5.92 Å². The van der Waals surface area contributed by atoms with Crippen molar-refractivity contribution in [2.24, 2.45) is 5.92 Å². The zero-order valence-electron chi connectivity index (χ0n) is 10.1. The van der Waals surface area contributed by atoms with Crippen LogP contribution in [0.5, 0.6) is 11.5 Å². The van der Waals surface area contributed by atoms with Crippen LogP contribution in [0.3, 0.4) is 0 Å². The molecular formula is C13H15FO4. The Morgan fingerprint density at radius 1 is 1.44 bits per heavy atom. The number of fused-ring (bicyclic) bond motifs is 1. The first-order valence-electron chi connectivity index (χ1n) is 5.82. The van der Waals surface area contributed by atoms with Crippen LogP contribution >= 0.6 is 0 Å². The topological polar surface area (TPSA) is 55.8 Å². The Labute approximate surface area is 104 Å². The van der Waals surface area contributed by atoms with Gasteiger partial charge in [0.2, 0.25) is 0 Å². The summed E-state index contributed by atoms with van der Waals surface area (Å²) in [4.78, 5) is 10.9. The highest BCUT2D eigenvalue weighted by molar-refractivity contribution is 5.70. The van der Waals surface area contributed by atoms with Crippen LogP contribution in [0.15, 0.2) is 12.1 Å². The molecule has 1 heterocycles. The number of carboxylic acids is 1. The minimum atomic E-state index is -0.883. The number of carbonyl (C=O) groups is 1. The van der Waals surface area contributed by atoms with Crippen molar-refractivity contribution in [3.05, 3.63) is 23.3 Å². The van der Waals surface area contributed by atoms with Gasteiger partial charge in [-0.3, -0.25) is 4.79 Å². The fraction of sp³-hybridized carbons (Fsp3) is 0.462. The first kappa shape index (κ1) is 12.7. The third kappa shape index (κ3) is 2.55. The number of aliphatic carboxylic acids is 1. The number of alkyl halides is 1. The summed E-state index contributed by atoms with van der Waals surface area (Å²) in [7, 11) is 0. The van der Waals surface area contributed by atoms with E-state index in [0.717, 1.165) is 0 Å². The first-order valence-corrected chi connectivity index (χ1v) is 5.82. The third-order valence-corrected chi connectivity index (χ3v) is 2.88. The van der Waals surface area contributed by atoms with Crippen LogP contribution in [-0.2, 0) is 17.9 Å². The molecular weight excluding hydrogens is 239 g/mol. The quantitative estimate of drug-likeness (QED) is 0.894. The van der Waals surface area contributed by atoms with Gasteiger partial charge in [-0.25, -0.2) is 4.39 Å². The van der Waals surface area contributed by atoms with Crippen LogP contribution in [0.2, 0.25) is 0 Å². The molecule has 1 aliphatic heterocycles. The summed E-state index contributed by atoms with van der Waals surface area (Å²) in [6, 6.07) is 3.25. The second-order valence-corrected chi connectivity index (χ2v) is 4.36. The maximum absolute atomic E-state index is 12.8. The molecule has 0 amide bonds. The van der Waals surface area contributed by atoms with Crippen LogP contribution in [0.4, 0.5) is 4.39 Å². The van der Waals surface area contributed by atoms with Crippen molar-refractivity contribution >= 4 is 5.97 Å². The zero-order chi connectivity index (χ0) is 13.1. The Kier molecular flexibility index (Phi) is 3.69. The molecule has 1 aliphatic rings. The van der Waals surface area contributed by atoms with E-state index in [1.807, 2.05) is 0 Å². The second kappa shape index (κ2) is 5.25. The van der Waals surface area contributed by atoms with Crippen molar-refractivity contribution in [2.75, 3.05) is 13.2 Å². The number of carboxylic acid groups (broad SMARTS) is 1. The normalized spacial score (nSPS) is 15.2. The summed E-state index contributed by atoms with van der Waals surface area (Å²) in [6.45, 7) is 1.86. The van der Waals surface area contributed by atoms with E-state index in [9.17, 15) is 9.18 Å². The van der Waals surface area contributed by atoms with E-state index in [0.29, 0.717) is 42.3 Å². The molecule has 0 fully saturated rings. The molecule has 0 saturated carbocycles. The molecule has 0 aliphatic carbocycles. The second-order valence-electron chi connectivity index (χ2n) is 4.36. The predicted octanol–water partition coefficient (Wildman–Crippen LogP) is 2.19. The maximum Gasteiger partial charge on any atom is 0.306 e. The van der Waals surface area contributed by atoms with Gasteiger partial charge in [-0.2, -0.15) is 0 Å². The van der Waals surface area contributed by atoms with Gasteiger partial charge in [0.25, 0.3) is 0 Å². The van der Waals surface area contributed by atoms with Crippen molar-refractivity contribution in [3.8, 4) is 11.5 Å². The smallest absolute Gasteiger partial charge is 0.306 e. The van der Waals surface area contributed by atoms with Crippen LogP contribution in [0.1, 0.15) is 18.1 Å². The molecule has 98 valence electrons. The van der Waals surface area contributed by atoms with Gasteiger partial charge in [-0.15, -0.1) is 0 Å². The lowest BCUT2D eigenvalue weighted by Gasteiger charge is -2.22. The lowest BCUT2D eigenvalue weighted by molar-refractivity contribution is -0.141. The Hall–Kier alpha value is -1.78. The van der Waals surface area contributed by atoms with Gasteiger partial charge in [-0.1, -0.05) is 6.92 Å². The fourth-order valence-electron chi connectivity index (χ4n) is 1.94. The average Bonchev–Trinajstić information content (AvgIpc) is 2.38. The number of hydrogen-bond acceptors (Lipinski definition) is 3. The minimum Gasteiger partial charge on any atom is -0.486 e. The van der Waals surface area contributed by atoms with E-state index in [2.05, 4.69) is 0 Å². The summed E-state index contributed by atoms with van der Waals surface area (Å²) < 4.78 is 23.7. The van der Waals surface area contributed by atoms with E-state index >= 15 is 0 Å². The minimum absolute atomic E-state index is 0.300. The van der Waals surface area contributed by atoms with Crippen molar-refractivity contribution in [3.63, 3.8) is 0 Å². The van der Waals surface area contributed by atoms with Gasteiger partial charge in [0.05, 0.1) is 5.92 Å². The number of benzene rings is 1. The van der Waals surface area contributed by atoms with E-state index in [1.54, 1.807) is 19.1 Å². The van der Waals surface area contributed by atoms with Crippen molar-refractivity contribution in [1.29, 1.82) is 0 Å². The average molecular weight is 254 g/mol. The number of rotatable bonds is 4. The number of ether oxygens (including phenoxy) is 2. The summed E-state index contributed by atoms with van der Waals surface area (Å²) >= 11 is 0. The highest BCUT2D eigenvalue weighted by Gasteiger charge is 2.21. The molecule has 0 radical (unpaired) electrons. The molecule has 0 aromatic heterocycles. The van der Waals surface area contributed by atoms with Crippen LogP contribution in [-0.4, -0.2) is 24.3 Å². The summed E-state index contributed by atoms with van der Waals surface area (Å²) in [5.41, 5.74) is 1.17. The van der Waals surface area contributed by atoms with E-state index < -0.39 is 18.6 Å². The molecule has 0 spiro atoms. The Morgan fingerprint density at radius 2 is 2.17 bits per heavy atom. The van der Waals surface area contributed by atoms with Gasteiger partial charge >= 0.3 is 5.97 Å². The first-order chi connectivity index (χ1) is 8.61. The lowest BCUT2D eigenvalue weighted by Crippen LogP contribution is -2.19. The largest absolute Gasteiger partial charge is 0.486 e. The SMILES string of the molecule is CC(Cc1cc(CF)cc2c1OCCO2)C(=O)O. The van der Waals surface area contributed by atoms with Crippen LogP contribution in [0.25, 0.3) is 0 Å². The van der Waals surface area contributed by atoms with E-state index in [1.165, 1.54) is 0 Å². The van der Waals surface area contributed by atoms with E-state index in [4.69, 9.17) is 14.6 Å². The van der Waals surface area contributed by atoms with Crippen molar-refractivity contribution in [2.45, 2.75) is 20.0 Å². The molecule has 0 saturated heterocycles. The van der Waals surface area contributed by atoms with Gasteiger partial charge < -0.3 is 14.6 Å². The van der Waals surface area contributed by atoms with Gasteiger partial charge in [-0.05, 0) is 29.7 Å². The highest BCUT2D eigenvalue weighted by Crippen LogP contribution is 2.36. The number of halogens is 1. The Bertz CT molecular complexity index is 459. The van der Waals surface area contributed by atoms with Gasteiger partial charge in [0, 0.05) is 0 Å². The summed E-state index contributed by atoms with van der Waals surface area (Å²) in [5, 5.41) is 8.93. The van der Waals surface area contributed by atoms with Gasteiger partial charge in [0.15, 0.2) is 11.5 Å². The van der Waals surface area contributed by atoms with Crippen LogP contribution < -0.4 is 9.47 Å². The van der Waals surface area contributed by atoms with Crippen molar-refractivity contribution in [1.82, 2.24) is 0 Å². The highest BCUT2D eigenvalue weighted by atomic mass is 19.1. The molecule has 2 rings (SSSR count). The maximum atomic E-state index is 12.8. The monoisotopic (exact) mass is 254 g/mol. The van der Waals surface area contributed by atoms with Gasteiger partial charge in [0.1, 0.15) is 19.9 Å². The molecule has 1 atom stereocenters. The standard InChI is InChI=1S/C13H15FO4/c1-8(13(15)16)4-10-5-9(7-14)6-11-12(10)18-3-2-17-11/h5-6,8H,2-4,7H2,1H3,(H,15,16). The Morgan fingerprint density at radius 3 is 2.83 bits per heavy atom. The zero-order valence-corrected chi connectivity index (χ0v) is 10.1. The molecule has 4 nitrogen and oxygen atoms in total. The molecule has 0 bridgehead atoms. The Balaban J connectivity index is 2.34. The predicted molar refractivity (Wildman–Crippen MR) is 62.7 cm³/mol. The molecule has 1 unspecified atom stereocenters. The van der Waals surface area contributed by atoms with E-state index in [-0.39, 0.29) is 0 Å². The molecule has 5 heteroatoms. The fourth-order valence-corrected chi connectivity index (χ4v) is 1.94. The molecule has 1 aromatic carbocycles. The molecule has 1 N–H and O–H groups in total. The molecule has 1 aromatic rings.